The average molecular weight is 398 g/mol. The third-order valence-corrected chi connectivity index (χ3v) is 5.16. The number of hydrogen-bond donors (Lipinski definition) is 1. The average Bonchev–Trinajstić information content (AvgIpc) is 2.73. The molecule has 0 bridgehead atoms. The molecule has 0 unspecified atom stereocenters. The number of hydrogen-bond acceptors (Lipinski definition) is 4. The van der Waals surface area contributed by atoms with Gasteiger partial charge in [-0.1, -0.05) is 18.2 Å². The van der Waals surface area contributed by atoms with Gasteiger partial charge in [-0.15, -0.1) is 0 Å². The molecular formula is C24H31NO4. The van der Waals surface area contributed by atoms with Crippen molar-refractivity contribution in [3.8, 4) is 17.2 Å². The molecule has 3 rings (SSSR count). The Morgan fingerprint density at radius 3 is 2.52 bits per heavy atom. The van der Waals surface area contributed by atoms with Gasteiger partial charge in [0.05, 0.1) is 19.3 Å². The fourth-order valence-corrected chi connectivity index (χ4v) is 3.73. The summed E-state index contributed by atoms with van der Waals surface area (Å²) in [6.07, 6.45) is 4.52. The van der Waals surface area contributed by atoms with Crippen LogP contribution in [0.5, 0.6) is 17.2 Å². The first-order valence-corrected chi connectivity index (χ1v) is 10.5. The highest BCUT2D eigenvalue weighted by Crippen LogP contribution is 2.31. The second-order valence-electron chi connectivity index (χ2n) is 7.25. The van der Waals surface area contributed by atoms with Crippen LogP contribution in [-0.2, 0) is 17.6 Å². The Hall–Kier alpha value is -2.69. The smallest absolute Gasteiger partial charge is 0.258 e. The third-order valence-electron chi connectivity index (χ3n) is 5.16. The Bertz CT molecular complexity index is 834. The predicted octanol–water partition coefficient (Wildman–Crippen LogP) is 4.62. The van der Waals surface area contributed by atoms with Gasteiger partial charge in [0.25, 0.3) is 5.91 Å². The van der Waals surface area contributed by atoms with Gasteiger partial charge in [-0.25, -0.2) is 0 Å². The van der Waals surface area contributed by atoms with Crippen molar-refractivity contribution in [2.24, 2.45) is 0 Å². The number of nitrogens with one attached hydrogen (secondary N) is 1. The molecule has 0 aliphatic heterocycles. The van der Waals surface area contributed by atoms with Crippen molar-refractivity contribution in [3.05, 3.63) is 53.1 Å². The molecule has 2 aromatic rings. The largest absolute Gasteiger partial charge is 0.490 e. The van der Waals surface area contributed by atoms with Gasteiger partial charge in [0.1, 0.15) is 5.75 Å². The first-order chi connectivity index (χ1) is 14.1. The van der Waals surface area contributed by atoms with E-state index >= 15 is 0 Å². The number of fused-ring (bicyclic) bond motifs is 1. The van der Waals surface area contributed by atoms with Gasteiger partial charge < -0.3 is 19.5 Å². The lowest BCUT2D eigenvalue weighted by molar-refractivity contribution is -0.123. The lowest BCUT2D eigenvalue weighted by atomic mass is 9.91. The van der Waals surface area contributed by atoms with Crippen LogP contribution in [0.3, 0.4) is 0 Å². The second kappa shape index (κ2) is 10.2. The number of ether oxygens (including phenoxy) is 3. The minimum Gasteiger partial charge on any atom is -0.490 e. The summed E-state index contributed by atoms with van der Waals surface area (Å²) in [7, 11) is 0. The van der Waals surface area contributed by atoms with E-state index in [9.17, 15) is 4.79 Å². The summed E-state index contributed by atoms with van der Waals surface area (Å²) in [4.78, 5) is 12.5. The molecule has 5 nitrogen and oxygen atoms in total. The van der Waals surface area contributed by atoms with E-state index in [1.807, 2.05) is 51.1 Å². The van der Waals surface area contributed by atoms with E-state index in [2.05, 4.69) is 11.4 Å². The summed E-state index contributed by atoms with van der Waals surface area (Å²) < 4.78 is 17.1. The van der Waals surface area contributed by atoms with Crippen molar-refractivity contribution in [1.29, 1.82) is 0 Å². The van der Waals surface area contributed by atoms with Crippen molar-refractivity contribution < 1.29 is 19.0 Å². The molecular weight excluding hydrogens is 366 g/mol. The van der Waals surface area contributed by atoms with Gasteiger partial charge in [-0.2, -0.15) is 0 Å². The van der Waals surface area contributed by atoms with Gasteiger partial charge in [0, 0.05) is 0 Å². The molecule has 29 heavy (non-hydrogen) atoms. The number of aryl methyl sites for hydroxylation is 1. The summed E-state index contributed by atoms with van der Waals surface area (Å²) in [5.41, 5.74) is 3.56. The SMILES string of the molecule is CCOc1ccc([C@@H](C)NC(=O)COc2cccc3c2CCCC3)cc1OCC. The molecule has 0 heterocycles. The fourth-order valence-electron chi connectivity index (χ4n) is 3.73. The van der Waals surface area contributed by atoms with Crippen LogP contribution in [0.15, 0.2) is 36.4 Å². The lowest BCUT2D eigenvalue weighted by Crippen LogP contribution is -2.31. The van der Waals surface area contributed by atoms with E-state index in [4.69, 9.17) is 14.2 Å². The number of carbonyl (C=O) groups excluding carboxylic acids is 1. The highest BCUT2D eigenvalue weighted by atomic mass is 16.5. The summed E-state index contributed by atoms with van der Waals surface area (Å²) in [5.74, 6) is 2.11. The molecule has 1 amide bonds. The van der Waals surface area contributed by atoms with E-state index in [1.54, 1.807) is 0 Å². The van der Waals surface area contributed by atoms with E-state index in [1.165, 1.54) is 24.0 Å². The number of amides is 1. The van der Waals surface area contributed by atoms with Crippen LogP contribution in [0, 0.1) is 0 Å². The minimum atomic E-state index is -0.161. The molecule has 0 radical (unpaired) electrons. The quantitative estimate of drug-likeness (QED) is 0.671. The monoisotopic (exact) mass is 397 g/mol. The Labute approximate surface area is 173 Å². The molecule has 0 saturated carbocycles. The van der Waals surface area contributed by atoms with Crippen LogP contribution >= 0.6 is 0 Å². The molecule has 1 N–H and O–H groups in total. The van der Waals surface area contributed by atoms with Crippen molar-refractivity contribution in [2.75, 3.05) is 19.8 Å². The normalized spacial score (nSPS) is 13.9. The molecule has 0 fully saturated rings. The highest BCUT2D eigenvalue weighted by Gasteiger charge is 2.16. The Kier molecular flexibility index (Phi) is 7.39. The summed E-state index contributed by atoms with van der Waals surface area (Å²) in [5, 5.41) is 3.01. The van der Waals surface area contributed by atoms with E-state index < -0.39 is 0 Å². The van der Waals surface area contributed by atoms with Crippen molar-refractivity contribution in [2.45, 2.75) is 52.5 Å². The number of benzene rings is 2. The van der Waals surface area contributed by atoms with Gasteiger partial charge in [-0.05, 0) is 81.3 Å². The Morgan fingerprint density at radius 2 is 1.72 bits per heavy atom. The zero-order valence-corrected chi connectivity index (χ0v) is 17.6. The number of carbonyl (C=O) groups is 1. The standard InChI is InChI=1S/C24H31NO4/c1-4-27-22-14-13-19(15-23(22)28-5-2)17(3)25-24(26)16-29-21-12-8-10-18-9-6-7-11-20(18)21/h8,10,12-15,17H,4-7,9,11,16H2,1-3H3,(H,25,26)/t17-/m1/s1. The maximum atomic E-state index is 12.5. The van der Waals surface area contributed by atoms with Gasteiger partial charge >= 0.3 is 0 Å². The fraction of sp³-hybridized carbons (Fsp3) is 0.458. The molecule has 1 atom stereocenters. The Morgan fingerprint density at radius 1 is 0.966 bits per heavy atom. The molecule has 5 heteroatoms. The maximum Gasteiger partial charge on any atom is 0.258 e. The van der Waals surface area contributed by atoms with Crippen LogP contribution in [-0.4, -0.2) is 25.7 Å². The van der Waals surface area contributed by atoms with Gasteiger partial charge in [0.2, 0.25) is 0 Å². The zero-order chi connectivity index (χ0) is 20.6. The van der Waals surface area contributed by atoms with E-state index in [0.29, 0.717) is 24.7 Å². The van der Waals surface area contributed by atoms with Gasteiger partial charge in [-0.3, -0.25) is 4.79 Å². The topological polar surface area (TPSA) is 56.8 Å². The maximum absolute atomic E-state index is 12.5. The Balaban J connectivity index is 1.60. The summed E-state index contributed by atoms with van der Waals surface area (Å²) >= 11 is 0. The first-order valence-electron chi connectivity index (χ1n) is 10.5. The summed E-state index contributed by atoms with van der Waals surface area (Å²) in [6.45, 7) is 6.97. The van der Waals surface area contributed by atoms with Crippen LogP contribution in [0.4, 0.5) is 0 Å². The van der Waals surface area contributed by atoms with Crippen molar-refractivity contribution >= 4 is 5.91 Å². The van der Waals surface area contributed by atoms with Gasteiger partial charge in [0.15, 0.2) is 18.1 Å². The predicted molar refractivity (Wildman–Crippen MR) is 114 cm³/mol. The highest BCUT2D eigenvalue weighted by molar-refractivity contribution is 5.78. The van der Waals surface area contributed by atoms with Crippen LogP contribution in [0.1, 0.15) is 56.3 Å². The molecule has 1 aliphatic rings. The molecule has 0 spiro atoms. The summed E-state index contributed by atoms with van der Waals surface area (Å²) in [6, 6.07) is 11.7. The minimum absolute atomic E-state index is 0.0101. The van der Waals surface area contributed by atoms with Crippen molar-refractivity contribution in [3.63, 3.8) is 0 Å². The van der Waals surface area contributed by atoms with Crippen LogP contribution in [0.25, 0.3) is 0 Å². The van der Waals surface area contributed by atoms with Crippen molar-refractivity contribution in [1.82, 2.24) is 5.32 Å². The molecule has 0 aromatic heterocycles. The van der Waals surface area contributed by atoms with E-state index in [0.717, 1.165) is 24.2 Å². The number of rotatable bonds is 9. The molecule has 156 valence electrons. The van der Waals surface area contributed by atoms with Crippen LogP contribution in [0.2, 0.25) is 0 Å². The molecule has 0 saturated heterocycles. The third kappa shape index (κ3) is 5.43. The first kappa shape index (κ1) is 21.0. The lowest BCUT2D eigenvalue weighted by Gasteiger charge is -2.20. The van der Waals surface area contributed by atoms with E-state index in [-0.39, 0.29) is 18.6 Å². The molecule has 2 aromatic carbocycles. The second-order valence-corrected chi connectivity index (χ2v) is 7.25. The van der Waals surface area contributed by atoms with Crippen LogP contribution < -0.4 is 19.5 Å². The zero-order valence-electron chi connectivity index (χ0n) is 17.6. The molecule has 1 aliphatic carbocycles.